The largest absolute Gasteiger partial charge is 0.464 e. The second-order valence-corrected chi connectivity index (χ2v) is 5.61. The van der Waals surface area contributed by atoms with Gasteiger partial charge in [-0.1, -0.05) is 12.2 Å². The maximum atomic E-state index is 12.4. The fourth-order valence-electron chi connectivity index (χ4n) is 3.26. The van der Waals surface area contributed by atoms with Gasteiger partial charge < -0.3 is 15.0 Å². The van der Waals surface area contributed by atoms with E-state index in [1.165, 1.54) is 7.11 Å². The average Bonchev–Trinajstić information content (AvgIpc) is 3.12. The number of hydrogen-bond acceptors (Lipinski definition) is 3. The number of nitrogens with one attached hydrogen (secondary N) is 2. The summed E-state index contributed by atoms with van der Waals surface area (Å²) in [4.78, 5) is 26.9. The van der Waals surface area contributed by atoms with Crippen LogP contribution in [-0.2, 0) is 9.53 Å². The van der Waals surface area contributed by atoms with E-state index in [9.17, 15) is 9.59 Å². The minimum Gasteiger partial charge on any atom is -0.464 e. The third kappa shape index (κ3) is 2.13. The highest BCUT2D eigenvalue weighted by atomic mass is 16.5. The van der Waals surface area contributed by atoms with Crippen molar-refractivity contribution >= 4 is 17.6 Å². The summed E-state index contributed by atoms with van der Waals surface area (Å²) in [6, 6.07) is 1.76. The fourth-order valence-corrected chi connectivity index (χ4v) is 3.26. The Labute approximate surface area is 117 Å². The van der Waals surface area contributed by atoms with Gasteiger partial charge in [0.05, 0.1) is 12.8 Å². The zero-order valence-corrected chi connectivity index (χ0v) is 11.6. The number of amides is 1. The van der Waals surface area contributed by atoms with Gasteiger partial charge in [0.1, 0.15) is 5.69 Å². The first-order valence-electron chi connectivity index (χ1n) is 6.85. The van der Waals surface area contributed by atoms with E-state index in [4.69, 9.17) is 4.74 Å². The summed E-state index contributed by atoms with van der Waals surface area (Å²) >= 11 is 0. The molecular formula is C15H18N2O3. The molecule has 1 aromatic heterocycles. The minimum atomic E-state index is -0.471. The van der Waals surface area contributed by atoms with Crippen molar-refractivity contribution in [1.82, 2.24) is 4.98 Å². The highest BCUT2D eigenvalue weighted by Gasteiger charge is 2.40. The number of carbonyl (C=O) groups excluding carboxylic acids is 2. The summed E-state index contributed by atoms with van der Waals surface area (Å²) in [5, 5.41) is 2.87. The standard InChI is InChI=1S/C15H18N2O3/c1-8-5-12(13(16-8)15(19)20-2)17-14(18)11-7-9-3-4-10(11)6-9/h3-5,9-11,16H,6-7H2,1-2H3,(H,17,18). The number of anilines is 1. The molecule has 0 spiro atoms. The Kier molecular flexibility index (Phi) is 3.12. The van der Waals surface area contributed by atoms with Crippen LogP contribution in [-0.4, -0.2) is 24.0 Å². The van der Waals surface area contributed by atoms with Gasteiger partial charge in [-0.05, 0) is 37.7 Å². The van der Waals surface area contributed by atoms with E-state index in [1.54, 1.807) is 6.07 Å². The monoisotopic (exact) mass is 274 g/mol. The molecule has 1 fully saturated rings. The second-order valence-electron chi connectivity index (χ2n) is 5.61. The van der Waals surface area contributed by atoms with Gasteiger partial charge in [0.25, 0.3) is 0 Å². The topological polar surface area (TPSA) is 71.2 Å². The molecule has 2 N–H and O–H groups in total. The fraction of sp³-hybridized carbons (Fsp3) is 0.467. The predicted molar refractivity (Wildman–Crippen MR) is 74.3 cm³/mol. The molecule has 106 valence electrons. The molecule has 0 radical (unpaired) electrons. The number of fused-ring (bicyclic) bond motifs is 2. The highest BCUT2D eigenvalue weighted by molar-refractivity contribution is 6.01. The molecule has 5 heteroatoms. The van der Waals surface area contributed by atoms with Crippen LogP contribution in [0.3, 0.4) is 0 Å². The third-order valence-electron chi connectivity index (χ3n) is 4.22. The molecular weight excluding hydrogens is 256 g/mol. The van der Waals surface area contributed by atoms with Gasteiger partial charge in [0.2, 0.25) is 5.91 Å². The van der Waals surface area contributed by atoms with Crippen LogP contribution in [0.25, 0.3) is 0 Å². The van der Waals surface area contributed by atoms with Crippen LogP contribution < -0.4 is 5.32 Å². The van der Waals surface area contributed by atoms with Crippen molar-refractivity contribution in [3.63, 3.8) is 0 Å². The van der Waals surface area contributed by atoms with Crippen molar-refractivity contribution in [2.45, 2.75) is 19.8 Å². The lowest BCUT2D eigenvalue weighted by atomic mass is 9.93. The van der Waals surface area contributed by atoms with Crippen molar-refractivity contribution in [3.05, 3.63) is 29.6 Å². The molecule has 1 aromatic rings. The summed E-state index contributed by atoms with van der Waals surface area (Å²) in [6.45, 7) is 1.84. The third-order valence-corrected chi connectivity index (χ3v) is 4.22. The minimum absolute atomic E-state index is 0.00833. The van der Waals surface area contributed by atoms with Crippen LogP contribution in [0.1, 0.15) is 29.0 Å². The molecule has 2 aliphatic carbocycles. The number of aromatic amines is 1. The van der Waals surface area contributed by atoms with Gasteiger partial charge >= 0.3 is 5.97 Å². The zero-order valence-electron chi connectivity index (χ0n) is 11.6. The molecule has 0 saturated heterocycles. The SMILES string of the molecule is COC(=O)c1[nH]c(C)cc1NC(=O)C1CC2C=CC1C2. The first kappa shape index (κ1) is 13.0. The van der Waals surface area contributed by atoms with Crippen LogP contribution in [0.4, 0.5) is 5.69 Å². The molecule has 3 rings (SSSR count). The molecule has 20 heavy (non-hydrogen) atoms. The lowest BCUT2D eigenvalue weighted by Crippen LogP contribution is -2.26. The number of H-pyrrole nitrogens is 1. The molecule has 1 amide bonds. The first-order valence-corrected chi connectivity index (χ1v) is 6.85. The molecule has 2 aliphatic rings. The van der Waals surface area contributed by atoms with E-state index in [-0.39, 0.29) is 11.8 Å². The average molecular weight is 274 g/mol. The molecule has 3 atom stereocenters. The number of aryl methyl sites for hydroxylation is 1. The van der Waals surface area contributed by atoms with Crippen molar-refractivity contribution in [2.75, 3.05) is 12.4 Å². The normalized spacial score (nSPS) is 26.8. The van der Waals surface area contributed by atoms with Crippen LogP contribution in [0.5, 0.6) is 0 Å². The Morgan fingerprint density at radius 3 is 2.75 bits per heavy atom. The molecule has 1 saturated carbocycles. The number of aromatic nitrogens is 1. The zero-order chi connectivity index (χ0) is 14.3. The Morgan fingerprint density at radius 2 is 2.15 bits per heavy atom. The van der Waals surface area contributed by atoms with E-state index in [1.807, 2.05) is 6.92 Å². The summed E-state index contributed by atoms with van der Waals surface area (Å²) < 4.78 is 4.71. The smallest absolute Gasteiger partial charge is 0.356 e. The van der Waals surface area contributed by atoms with Gasteiger partial charge in [0.15, 0.2) is 0 Å². The lowest BCUT2D eigenvalue weighted by molar-refractivity contribution is -0.120. The van der Waals surface area contributed by atoms with Crippen molar-refractivity contribution < 1.29 is 14.3 Å². The van der Waals surface area contributed by atoms with E-state index >= 15 is 0 Å². The number of esters is 1. The Morgan fingerprint density at radius 1 is 1.35 bits per heavy atom. The summed E-state index contributed by atoms with van der Waals surface area (Å²) in [6.07, 6.45) is 6.33. The summed E-state index contributed by atoms with van der Waals surface area (Å²) in [5.74, 6) is 0.434. The summed E-state index contributed by atoms with van der Waals surface area (Å²) in [5.41, 5.74) is 1.62. The lowest BCUT2D eigenvalue weighted by Gasteiger charge is -2.17. The number of carbonyl (C=O) groups is 2. The van der Waals surface area contributed by atoms with Gasteiger partial charge in [-0.15, -0.1) is 0 Å². The number of rotatable bonds is 3. The number of hydrogen-bond donors (Lipinski definition) is 2. The van der Waals surface area contributed by atoms with Crippen molar-refractivity contribution in [3.8, 4) is 0 Å². The molecule has 3 unspecified atom stereocenters. The van der Waals surface area contributed by atoms with Crippen LogP contribution >= 0.6 is 0 Å². The predicted octanol–water partition coefficient (Wildman–Crippen LogP) is 2.26. The van der Waals surface area contributed by atoms with Crippen LogP contribution in [0, 0.1) is 24.7 Å². The second kappa shape index (κ2) is 4.81. The van der Waals surface area contributed by atoms with Crippen molar-refractivity contribution in [1.29, 1.82) is 0 Å². The van der Waals surface area contributed by atoms with Crippen LogP contribution in [0.2, 0.25) is 0 Å². The van der Waals surface area contributed by atoms with E-state index < -0.39 is 5.97 Å². The molecule has 5 nitrogen and oxygen atoms in total. The Hall–Kier alpha value is -2.04. The maximum absolute atomic E-state index is 12.4. The van der Waals surface area contributed by atoms with Gasteiger partial charge in [-0.2, -0.15) is 0 Å². The molecule has 0 aliphatic heterocycles. The maximum Gasteiger partial charge on any atom is 0.356 e. The Balaban J connectivity index is 1.76. The molecule has 0 aromatic carbocycles. The number of allylic oxidation sites excluding steroid dienone is 2. The van der Waals surface area contributed by atoms with Gasteiger partial charge in [0, 0.05) is 11.6 Å². The number of ether oxygens (including phenoxy) is 1. The van der Waals surface area contributed by atoms with E-state index in [0.717, 1.165) is 18.5 Å². The first-order chi connectivity index (χ1) is 9.58. The Bertz CT molecular complexity index is 588. The van der Waals surface area contributed by atoms with Gasteiger partial charge in [-0.3, -0.25) is 4.79 Å². The molecule has 1 heterocycles. The van der Waals surface area contributed by atoms with Crippen molar-refractivity contribution in [2.24, 2.45) is 17.8 Å². The van der Waals surface area contributed by atoms with E-state index in [0.29, 0.717) is 23.2 Å². The van der Waals surface area contributed by atoms with Crippen LogP contribution in [0.15, 0.2) is 18.2 Å². The van der Waals surface area contributed by atoms with E-state index in [2.05, 4.69) is 22.5 Å². The molecule has 2 bridgehead atoms. The highest BCUT2D eigenvalue weighted by Crippen LogP contribution is 2.43. The quantitative estimate of drug-likeness (QED) is 0.656. The summed E-state index contributed by atoms with van der Waals surface area (Å²) in [7, 11) is 1.32. The van der Waals surface area contributed by atoms with Gasteiger partial charge in [-0.25, -0.2) is 4.79 Å². The number of methoxy groups -OCH3 is 1.